The van der Waals surface area contributed by atoms with Gasteiger partial charge in [-0.1, -0.05) is 6.07 Å². The van der Waals surface area contributed by atoms with Gasteiger partial charge in [0, 0.05) is 43.3 Å². The molecule has 132 valence electrons. The number of benzene rings is 1. The van der Waals surface area contributed by atoms with Crippen molar-refractivity contribution in [3.63, 3.8) is 0 Å². The smallest absolute Gasteiger partial charge is 0.260 e. The average Bonchev–Trinajstić information content (AvgIpc) is 3.38. The van der Waals surface area contributed by atoms with Crippen LogP contribution in [0.5, 0.6) is 5.75 Å². The second-order valence-electron chi connectivity index (χ2n) is 6.22. The predicted octanol–water partition coefficient (Wildman–Crippen LogP) is 1.66. The number of nitrogens with zero attached hydrogens (tertiary/aromatic N) is 1. The number of piperazine rings is 1. The van der Waals surface area contributed by atoms with E-state index >= 15 is 0 Å². The van der Waals surface area contributed by atoms with Gasteiger partial charge in [-0.2, -0.15) is 0 Å². The molecule has 3 rings (SSSR count). The van der Waals surface area contributed by atoms with Gasteiger partial charge in [0.1, 0.15) is 5.75 Å². The lowest BCUT2D eigenvalue weighted by Crippen LogP contribution is -2.53. The molecule has 2 amide bonds. The van der Waals surface area contributed by atoms with E-state index in [0.717, 1.165) is 25.9 Å². The molecule has 1 aliphatic carbocycles. The van der Waals surface area contributed by atoms with Crippen molar-refractivity contribution in [1.82, 2.24) is 10.2 Å². The van der Waals surface area contributed by atoms with Crippen LogP contribution >= 0.6 is 12.4 Å². The number of rotatable bonds is 5. The molecule has 1 atom stereocenters. The number of ether oxygens (including phenoxy) is 1. The Kier molecular flexibility index (Phi) is 6.45. The lowest BCUT2D eigenvalue weighted by atomic mass is 10.2. The Balaban J connectivity index is 0.00000208. The number of hydrogen-bond donors (Lipinski definition) is 2. The van der Waals surface area contributed by atoms with E-state index in [1.54, 1.807) is 12.1 Å². The highest BCUT2D eigenvalue weighted by Gasteiger charge is 2.29. The molecule has 1 aliphatic heterocycles. The molecule has 0 spiro atoms. The molecule has 1 aromatic carbocycles. The van der Waals surface area contributed by atoms with E-state index in [9.17, 15) is 9.59 Å². The fraction of sp³-hybridized carbons (Fsp3) is 0.529. The van der Waals surface area contributed by atoms with Crippen LogP contribution in [0.1, 0.15) is 19.8 Å². The van der Waals surface area contributed by atoms with Gasteiger partial charge < -0.3 is 20.3 Å². The topological polar surface area (TPSA) is 70.7 Å². The summed E-state index contributed by atoms with van der Waals surface area (Å²) >= 11 is 0. The molecule has 0 unspecified atom stereocenters. The van der Waals surface area contributed by atoms with Crippen molar-refractivity contribution in [2.45, 2.75) is 25.8 Å². The van der Waals surface area contributed by atoms with Crippen molar-refractivity contribution in [3.05, 3.63) is 24.3 Å². The molecule has 24 heavy (non-hydrogen) atoms. The maximum atomic E-state index is 12.2. The minimum atomic E-state index is -0.00795. The minimum Gasteiger partial charge on any atom is -0.484 e. The molecule has 0 radical (unpaired) electrons. The van der Waals surface area contributed by atoms with Crippen molar-refractivity contribution in [1.29, 1.82) is 0 Å². The summed E-state index contributed by atoms with van der Waals surface area (Å²) in [5.41, 5.74) is 0.711. The van der Waals surface area contributed by atoms with Crippen LogP contribution in [0.15, 0.2) is 24.3 Å². The molecule has 0 bridgehead atoms. The molecule has 6 nitrogen and oxygen atoms in total. The first-order valence-corrected chi connectivity index (χ1v) is 8.17. The highest BCUT2D eigenvalue weighted by Crippen LogP contribution is 2.30. The molecule has 1 saturated heterocycles. The minimum absolute atomic E-state index is 0. The van der Waals surface area contributed by atoms with Crippen LogP contribution in [0.2, 0.25) is 0 Å². The number of anilines is 1. The summed E-state index contributed by atoms with van der Waals surface area (Å²) in [5, 5.41) is 6.14. The van der Waals surface area contributed by atoms with E-state index in [1.165, 1.54) is 0 Å². The van der Waals surface area contributed by atoms with Gasteiger partial charge in [-0.25, -0.2) is 0 Å². The van der Waals surface area contributed by atoms with Crippen LogP contribution in [0, 0.1) is 5.92 Å². The third-order valence-electron chi connectivity index (χ3n) is 4.23. The lowest BCUT2D eigenvalue weighted by molar-refractivity contribution is -0.136. The Labute approximate surface area is 148 Å². The van der Waals surface area contributed by atoms with E-state index < -0.39 is 0 Å². The van der Waals surface area contributed by atoms with Gasteiger partial charge in [0.2, 0.25) is 5.91 Å². The maximum absolute atomic E-state index is 12.2. The molecular formula is C17H24ClN3O3. The summed E-state index contributed by atoms with van der Waals surface area (Å²) in [5.74, 6) is 0.810. The maximum Gasteiger partial charge on any atom is 0.260 e. The SMILES string of the molecule is C[C@H]1CNCCN1C(=O)COc1cccc(NC(=O)C2CC2)c1.Cl. The fourth-order valence-electron chi connectivity index (χ4n) is 2.69. The van der Waals surface area contributed by atoms with Gasteiger partial charge in [0.15, 0.2) is 6.61 Å². The van der Waals surface area contributed by atoms with Gasteiger partial charge in [0.25, 0.3) is 5.91 Å². The molecule has 2 fully saturated rings. The van der Waals surface area contributed by atoms with E-state index in [0.29, 0.717) is 18.0 Å². The van der Waals surface area contributed by atoms with Crippen LogP contribution in [0.3, 0.4) is 0 Å². The average molecular weight is 354 g/mol. The van der Waals surface area contributed by atoms with E-state index in [2.05, 4.69) is 10.6 Å². The number of nitrogens with one attached hydrogen (secondary N) is 2. The first-order chi connectivity index (χ1) is 11.1. The molecule has 1 saturated carbocycles. The number of amides is 2. The van der Waals surface area contributed by atoms with Gasteiger partial charge in [-0.05, 0) is 31.9 Å². The first-order valence-electron chi connectivity index (χ1n) is 8.17. The summed E-state index contributed by atoms with van der Waals surface area (Å²) < 4.78 is 5.60. The van der Waals surface area contributed by atoms with Crippen LogP contribution in [-0.2, 0) is 9.59 Å². The van der Waals surface area contributed by atoms with Crippen LogP contribution in [-0.4, -0.2) is 49.0 Å². The Morgan fingerprint density at radius 2 is 2.17 bits per heavy atom. The number of carbonyl (C=O) groups excluding carboxylic acids is 2. The Morgan fingerprint density at radius 3 is 2.88 bits per heavy atom. The largest absolute Gasteiger partial charge is 0.484 e. The Hall–Kier alpha value is -1.79. The van der Waals surface area contributed by atoms with Crippen molar-refractivity contribution in [3.8, 4) is 5.75 Å². The summed E-state index contributed by atoms with van der Waals surface area (Å²) in [4.78, 5) is 25.9. The third kappa shape index (κ3) is 4.85. The highest BCUT2D eigenvalue weighted by atomic mass is 35.5. The summed E-state index contributed by atoms with van der Waals surface area (Å²) in [6.45, 7) is 4.39. The molecule has 2 aliphatic rings. The van der Waals surface area contributed by atoms with Crippen molar-refractivity contribution < 1.29 is 14.3 Å². The quantitative estimate of drug-likeness (QED) is 0.844. The monoisotopic (exact) mass is 353 g/mol. The lowest BCUT2D eigenvalue weighted by Gasteiger charge is -2.33. The number of carbonyl (C=O) groups is 2. The highest BCUT2D eigenvalue weighted by molar-refractivity contribution is 5.94. The van der Waals surface area contributed by atoms with Crippen LogP contribution in [0.4, 0.5) is 5.69 Å². The van der Waals surface area contributed by atoms with Gasteiger partial charge in [-0.3, -0.25) is 9.59 Å². The fourth-order valence-corrected chi connectivity index (χ4v) is 2.69. The molecule has 2 N–H and O–H groups in total. The summed E-state index contributed by atoms with van der Waals surface area (Å²) in [6, 6.07) is 7.38. The van der Waals surface area contributed by atoms with Gasteiger partial charge >= 0.3 is 0 Å². The van der Waals surface area contributed by atoms with Crippen molar-refractivity contribution in [2.75, 3.05) is 31.6 Å². The zero-order chi connectivity index (χ0) is 16.2. The molecule has 1 heterocycles. The summed E-state index contributed by atoms with van der Waals surface area (Å²) in [7, 11) is 0. The first kappa shape index (κ1) is 18.5. The van der Waals surface area contributed by atoms with E-state index in [4.69, 9.17) is 4.74 Å². The van der Waals surface area contributed by atoms with Crippen molar-refractivity contribution in [2.24, 2.45) is 5.92 Å². The summed E-state index contributed by atoms with van der Waals surface area (Å²) in [6.07, 6.45) is 1.94. The molecule has 0 aromatic heterocycles. The van der Waals surface area contributed by atoms with E-state index in [1.807, 2.05) is 24.0 Å². The molecule has 1 aromatic rings. The Morgan fingerprint density at radius 1 is 1.38 bits per heavy atom. The zero-order valence-corrected chi connectivity index (χ0v) is 14.6. The van der Waals surface area contributed by atoms with Crippen LogP contribution < -0.4 is 15.4 Å². The van der Waals surface area contributed by atoms with Gasteiger partial charge in [-0.15, -0.1) is 12.4 Å². The van der Waals surface area contributed by atoms with Crippen molar-refractivity contribution >= 4 is 29.9 Å². The van der Waals surface area contributed by atoms with Crippen LogP contribution in [0.25, 0.3) is 0 Å². The predicted molar refractivity (Wildman–Crippen MR) is 94.6 cm³/mol. The second kappa shape index (κ2) is 8.35. The normalized spacial score (nSPS) is 20.0. The second-order valence-corrected chi connectivity index (χ2v) is 6.22. The number of hydrogen-bond acceptors (Lipinski definition) is 4. The zero-order valence-electron chi connectivity index (χ0n) is 13.8. The third-order valence-corrected chi connectivity index (χ3v) is 4.23. The molecular weight excluding hydrogens is 330 g/mol. The Bertz CT molecular complexity index is 592. The number of halogens is 1. The standard InChI is InChI=1S/C17H23N3O3.ClH/c1-12-10-18-7-8-20(12)16(21)11-23-15-4-2-3-14(9-15)19-17(22)13-5-6-13;/h2-4,9,12-13,18H,5-8,10-11H2,1H3,(H,19,22);1H/t12-;/m0./s1. The van der Waals surface area contributed by atoms with E-state index in [-0.39, 0.29) is 42.8 Å². The molecule has 7 heteroatoms. The van der Waals surface area contributed by atoms with Gasteiger partial charge in [0.05, 0.1) is 0 Å².